The van der Waals surface area contributed by atoms with Gasteiger partial charge in [0.1, 0.15) is 17.3 Å². The molecule has 2 aromatic rings. The molecule has 0 heterocycles. The lowest BCUT2D eigenvalue weighted by atomic mass is 10.1. The Balaban J connectivity index is 1.96. The van der Waals surface area contributed by atoms with E-state index in [-0.39, 0.29) is 11.5 Å². The topological polar surface area (TPSA) is 67.8 Å². The minimum atomic E-state index is -0.888. The van der Waals surface area contributed by atoms with Crippen LogP contribution in [0.3, 0.4) is 0 Å². The van der Waals surface area contributed by atoms with Gasteiger partial charge < -0.3 is 19.9 Å². The predicted molar refractivity (Wildman–Crippen MR) is 83.1 cm³/mol. The maximum absolute atomic E-state index is 13.4. The van der Waals surface area contributed by atoms with E-state index in [0.29, 0.717) is 17.4 Å². The van der Waals surface area contributed by atoms with Gasteiger partial charge in [-0.2, -0.15) is 0 Å². The van der Waals surface area contributed by atoms with Crippen LogP contribution >= 0.6 is 0 Å². The van der Waals surface area contributed by atoms with E-state index in [0.717, 1.165) is 12.1 Å². The lowest BCUT2D eigenvalue weighted by Gasteiger charge is -2.17. The van der Waals surface area contributed by atoms with Crippen molar-refractivity contribution in [3.63, 3.8) is 0 Å². The number of benzene rings is 2. The van der Waals surface area contributed by atoms with Crippen LogP contribution in [0.25, 0.3) is 0 Å². The lowest BCUT2D eigenvalue weighted by Crippen LogP contribution is -2.31. The molecule has 5 nitrogen and oxygen atoms in total. The van der Waals surface area contributed by atoms with Crippen molar-refractivity contribution >= 4 is 5.91 Å². The number of phenolic OH excluding ortho intramolecular Hbond substituents is 1. The third kappa shape index (κ3) is 4.34. The van der Waals surface area contributed by atoms with Gasteiger partial charge in [0.15, 0.2) is 18.2 Å². The molecule has 1 atom stereocenters. The number of carbonyl (C=O) groups excluding carboxylic acids is 1. The van der Waals surface area contributed by atoms with Gasteiger partial charge in [0.05, 0.1) is 13.2 Å². The number of nitrogens with one attached hydrogen (secondary N) is 1. The normalized spacial score (nSPS) is 11.7. The summed E-state index contributed by atoms with van der Waals surface area (Å²) in [5, 5.41) is 12.5. The summed E-state index contributed by atoms with van der Waals surface area (Å²) in [6.45, 7) is 1.22. The lowest BCUT2D eigenvalue weighted by molar-refractivity contribution is -0.123. The van der Waals surface area contributed by atoms with Crippen LogP contribution in [0.2, 0.25) is 0 Å². The van der Waals surface area contributed by atoms with E-state index in [1.165, 1.54) is 13.2 Å². The van der Waals surface area contributed by atoms with Gasteiger partial charge >= 0.3 is 0 Å². The highest BCUT2D eigenvalue weighted by Crippen LogP contribution is 2.28. The van der Waals surface area contributed by atoms with Crippen molar-refractivity contribution < 1.29 is 28.2 Å². The molecule has 0 saturated heterocycles. The Hall–Kier alpha value is -2.83. The molecule has 0 aliphatic carbocycles. The van der Waals surface area contributed by atoms with Gasteiger partial charge in [-0.25, -0.2) is 8.78 Å². The van der Waals surface area contributed by atoms with Crippen molar-refractivity contribution in [2.45, 2.75) is 13.0 Å². The molecule has 128 valence electrons. The monoisotopic (exact) mass is 337 g/mol. The Kier molecular flexibility index (Phi) is 5.57. The van der Waals surface area contributed by atoms with E-state index >= 15 is 0 Å². The van der Waals surface area contributed by atoms with Crippen LogP contribution in [0.15, 0.2) is 36.4 Å². The van der Waals surface area contributed by atoms with Gasteiger partial charge in [-0.15, -0.1) is 0 Å². The second-order valence-corrected chi connectivity index (χ2v) is 5.08. The average Bonchev–Trinajstić information content (AvgIpc) is 2.54. The van der Waals surface area contributed by atoms with Crippen molar-refractivity contribution in [3.8, 4) is 17.2 Å². The molecule has 0 aromatic heterocycles. The van der Waals surface area contributed by atoms with Gasteiger partial charge in [-0.3, -0.25) is 4.79 Å². The first kappa shape index (κ1) is 17.5. The molecule has 0 unspecified atom stereocenters. The van der Waals surface area contributed by atoms with Crippen LogP contribution in [-0.2, 0) is 4.79 Å². The van der Waals surface area contributed by atoms with Crippen molar-refractivity contribution in [1.29, 1.82) is 0 Å². The number of amides is 1. The fourth-order valence-electron chi connectivity index (χ4n) is 2.10. The van der Waals surface area contributed by atoms with Gasteiger partial charge in [0.2, 0.25) is 0 Å². The van der Waals surface area contributed by atoms with Gasteiger partial charge in [0, 0.05) is 11.6 Å². The number of phenols is 1. The highest BCUT2D eigenvalue weighted by Gasteiger charge is 2.15. The number of hydrogen-bond acceptors (Lipinski definition) is 4. The number of ether oxygens (including phenoxy) is 2. The second kappa shape index (κ2) is 7.63. The third-order valence-corrected chi connectivity index (χ3v) is 3.33. The summed E-state index contributed by atoms with van der Waals surface area (Å²) in [6.07, 6.45) is 0. The number of aromatic hydroxyl groups is 1. The minimum absolute atomic E-state index is 0.00842. The Morgan fingerprint density at radius 2 is 2.00 bits per heavy atom. The van der Waals surface area contributed by atoms with Crippen LogP contribution < -0.4 is 14.8 Å². The molecule has 1 amide bonds. The quantitative estimate of drug-likeness (QED) is 0.850. The molecule has 0 bridgehead atoms. The summed E-state index contributed by atoms with van der Waals surface area (Å²) in [6, 6.07) is 6.94. The summed E-state index contributed by atoms with van der Waals surface area (Å²) in [4.78, 5) is 11.9. The van der Waals surface area contributed by atoms with E-state index in [9.17, 15) is 18.7 Å². The van der Waals surface area contributed by atoms with Crippen molar-refractivity contribution in [3.05, 3.63) is 53.6 Å². The summed E-state index contributed by atoms with van der Waals surface area (Å²) in [7, 11) is 1.49. The molecule has 0 aliphatic rings. The Bertz CT molecular complexity index is 737. The zero-order valence-corrected chi connectivity index (χ0v) is 13.2. The maximum atomic E-state index is 13.4. The van der Waals surface area contributed by atoms with E-state index in [1.54, 1.807) is 19.1 Å². The fraction of sp³-hybridized carbons (Fsp3) is 0.235. The molecule has 0 radical (unpaired) electrons. The van der Waals surface area contributed by atoms with Crippen LogP contribution in [0, 0.1) is 11.6 Å². The molecule has 0 aliphatic heterocycles. The van der Waals surface area contributed by atoms with Gasteiger partial charge in [-0.1, -0.05) is 0 Å². The van der Waals surface area contributed by atoms with Crippen LogP contribution in [0.5, 0.6) is 17.2 Å². The fourth-order valence-corrected chi connectivity index (χ4v) is 2.10. The SMILES string of the molecule is COc1ccc(O)c([C@@H](C)NC(=O)COc2ccc(F)cc2F)c1. The second-order valence-electron chi connectivity index (χ2n) is 5.08. The zero-order chi connectivity index (χ0) is 17.7. The Labute approximate surface area is 137 Å². The number of hydrogen-bond donors (Lipinski definition) is 2. The summed E-state index contributed by atoms with van der Waals surface area (Å²) >= 11 is 0. The van der Waals surface area contributed by atoms with Gasteiger partial charge in [0.25, 0.3) is 5.91 Å². The smallest absolute Gasteiger partial charge is 0.258 e. The molecule has 2 rings (SSSR count). The van der Waals surface area contributed by atoms with E-state index in [4.69, 9.17) is 9.47 Å². The van der Waals surface area contributed by atoms with Crippen molar-refractivity contribution in [2.24, 2.45) is 0 Å². The highest BCUT2D eigenvalue weighted by molar-refractivity contribution is 5.78. The summed E-state index contributed by atoms with van der Waals surface area (Å²) < 4.78 is 36.3. The molecular weight excluding hydrogens is 320 g/mol. The van der Waals surface area contributed by atoms with Crippen LogP contribution in [-0.4, -0.2) is 24.7 Å². The molecule has 7 heteroatoms. The molecule has 2 aromatic carbocycles. The number of methoxy groups -OCH3 is 1. The first-order valence-electron chi connectivity index (χ1n) is 7.15. The number of carbonyl (C=O) groups is 1. The van der Waals surface area contributed by atoms with Crippen molar-refractivity contribution in [2.75, 3.05) is 13.7 Å². The first-order valence-corrected chi connectivity index (χ1v) is 7.15. The average molecular weight is 337 g/mol. The van der Waals surface area contributed by atoms with Crippen LogP contribution in [0.1, 0.15) is 18.5 Å². The molecule has 0 fully saturated rings. The van der Waals surface area contributed by atoms with E-state index in [2.05, 4.69) is 5.32 Å². The molecule has 2 N–H and O–H groups in total. The molecule has 0 saturated carbocycles. The zero-order valence-electron chi connectivity index (χ0n) is 13.2. The Morgan fingerprint density at radius 1 is 1.25 bits per heavy atom. The van der Waals surface area contributed by atoms with Gasteiger partial charge in [-0.05, 0) is 37.3 Å². The van der Waals surface area contributed by atoms with Crippen molar-refractivity contribution in [1.82, 2.24) is 5.32 Å². The number of halogens is 2. The summed E-state index contributed by atoms with van der Waals surface area (Å²) in [5.41, 5.74) is 0.468. The Morgan fingerprint density at radius 3 is 2.67 bits per heavy atom. The first-order chi connectivity index (χ1) is 11.4. The molecular formula is C17H17F2NO4. The predicted octanol–water partition coefficient (Wildman–Crippen LogP) is 2.94. The number of rotatable bonds is 6. The van der Waals surface area contributed by atoms with E-state index < -0.39 is 30.2 Å². The molecule has 24 heavy (non-hydrogen) atoms. The highest BCUT2D eigenvalue weighted by atomic mass is 19.1. The maximum Gasteiger partial charge on any atom is 0.258 e. The van der Waals surface area contributed by atoms with E-state index in [1.807, 2.05) is 0 Å². The van der Waals surface area contributed by atoms with Crippen LogP contribution in [0.4, 0.5) is 8.78 Å². The largest absolute Gasteiger partial charge is 0.508 e. The summed E-state index contributed by atoms with van der Waals surface area (Å²) in [5.74, 6) is -1.81. The standard InChI is InChI=1S/C17H17F2NO4/c1-10(13-8-12(23-2)4-5-15(13)21)20-17(22)9-24-16-6-3-11(18)7-14(16)19/h3-8,10,21H,9H2,1-2H3,(H,20,22)/t10-/m1/s1. The minimum Gasteiger partial charge on any atom is -0.508 e. The molecule has 0 spiro atoms. The third-order valence-electron chi connectivity index (χ3n) is 3.33.